The van der Waals surface area contributed by atoms with E-state index in [1.165, 1.54) is 18.2 Å². The highest BCUT2D eigenvalue weighted by Gasteiger charge is 2.16. The number of pyridine rings is 1. The first-order chi connectivity index (χ1) is 16.3. The molecule has 5 rings (SSSR count). The highest BCUT2D eigenvalue weighted by Crippen LogP contribution is 2.37. The molecule has 170 valence electrons. The fourth-order valence-corrected chi connectivity index (χ4v) is 3.74. The Morgan fingerprint density at radius 3 is 2.53 bits per heavy atom. The predicted molar refractivity (Wildman–Crippen MR) is 124 cm³/mol. The Morgan fingerprint density at radius 1 is 1.00 bits per heavy atom. The highest BCUT2D eigenvalue weighted by molar-refractivity contribution is 6.37. The molecular formula is C20H12Cl2N8O4. The van der Waals surface area contributed by atoms with Crippen molar-refractivity contribution in [2.45, 2.75) is 0 Å². The number of hydrogen-bond acceptors (Lipinski definition) is 8. The summed E-state index contributed by atoms with van der Waals surface area (Å²) >= 11 is 12.7. The zero-order valence-corrected chi connectivity index (χ0v) is 18.3. The maximum atomic E-state index is 12.4. The van der Waals surface area contributed by atoms with Crippen molar-refractivity contribution in [2.75, 3.05) is 5.73 Å². The van der Waals surface area contributed by atoms with Crippen LogP contribution in [0.4, 0.5) is 5.82 Å². The van der Waals surface area contributed by atoms with Crippen LogP contribution in [-0.4, -0.2) is 34.6 Å². The van der Waals surface area contributed by atoms with Crippen LogP contribution in [0.15, 0.2) is 63.2 Å². The third-order valence-corrected chi connectivity index (χ3v) is 5.34. The minimum atomic E-state index is -0.832. The van der Waals surface area contributed by atoms with Crippen molar-refractivity contribution < 1.29 is 4.74 Å². The SMILES string of the molecule is Nc1nn(-c2cc(Cl)c(Oc3cc(-c4ccc5ccnn5c4)c(=O)[nH]n3)c(Cl)c2)c(=O)[nH]c1=O. The fourth-order valence-electron chi connectivity index (χ4n) is 3.19. The van der Waals surface area contributed by atoms with Crippen molar-refractivity contribution >= 4 is 34.5 Å². The number of hydrogen-bond donors (Lipinski definition) is 3. The molecular weight excluding hydrogens is 487 g/mol. The average Bonchev–Trinajstić information content (AvgIpc) is 3.27. The lowest BCUT2D eigenvalue weighted by atomic mass is 10.1. The Morgan fingerprint density at radius 2 is 1.76 bits per heavy atom. The summed E-state index contributed by atoms with van der Waals surface area (Å²) in [5.41, 5.74) is 5.27. The molecule has 0 fully saturated rings. The summed E-state index contributed by atoms with van der Waals surface area (Å²) in [5, 5.41) is 14.2. The second-order valence-electron chi connectivity index (χ2n) is 6.96. The Kier molecular flexibility index (Phi) is 5.15. The number of H-pyrrole nitrogens is 2. The minimum Gasteiger partial charge on any atom is -0.434 e. The van der Waals surface area contributed by atoms with Gasteiger partial charge in [-0.15, -0.1) is 10.2 Å². The quantitative estimate of drug-likeness (QED) is 0.338. The number of aromatic amines is 2. The van der Waals surface area contributed by atoms with Gasteiger partial charge in [-0.05, 0) is 24.3 Å². The molecule has 0 aliphatic heterocycles. The number of nitrogens with one attached hydrogen (secondary N) is 2. The van der Waals surface area contributed by atoms with E-state index in [1.807, 2.05) is 17.1 Å². The van der Waals surface area contributed by atoms with Gasteiger partial charge in [0.15, 0.2) is 5.75 Å². The zero-order chi connectivity index (χ0) is 24.0. The average molecular weight is 499 g/mol. The van der Waals surface area contributed by atoms with Gasteiger partial charge >= 0.3 is 5.69 Å². The number of nitrogens with zero attached hydrogens (tertiary/aromatic N) is 5. The van der Waals surface area contributed by atoms with E-state index in [1.54, 1.807) is 23.0 Å². The van der Waals surface area contributed by atoms with Gasteiger partial charge in [-0.25, -0.2) is 14.4 Å². The van der Waals surface area contributed by atoms with Gasteiger partial charge in [0.05, 0.1) is 26.8 Å². The van der Waals surface area contributed by atoms with Crippen molar-refractivity contribution in [1.29, 1.82) is 0 Å². The van der Waals surface area contributed by atoms with E-state index in [0.717, 1.165) is 10.2 Å². The third-order valence-electron chi connectivity index (χ3n) is 4.77. The lowest BCUT2D eigenvalue weighted by Crippen LogP contribution is -2.33. The Labute approximate surface area is 198 Å². The number of aromatic nitrogens is 7. The van der Waals surface area contributed by atoms with E-state index in [9.17, 15) is 14.4 Å². The summed E-state index contributed by atoms with van der Waals surface area (Å²) in [4.78, 5) is 38.0. The largest absolute Gasteiger partial charge is 0.434 e. The Bertz CT molecular complexity index is 1730. The summed E-state index contributed by atoms with van der Waals surface area (Å²) in [7, 11) is 0. The maximum Gasteiger partial charge on any atom is 0.349 e. The van der Waals surface area contributed by atoms with Crippen LogP contribution in [0.3, 0.4) is 0 Å². The number of halogens is 2. The number of anilines is 1. The molecule has 0 aliphatic rings. The van der Waals surface area contributed by atoms with Gasteiger partial charge in [0, 0.05) is 24.0 Å². The Balaban J connectivity index is 1.52. The van der Waals surface area contributed by atoms with Crippen LogP contribution in [0, 0.1) is 0 Å². The summed E-state index contributed by atoms with van der Waals surface area (Å²) in [6.07, 6.45) is 3.34. The molecule has 1 aromatic carbocycles. The van der Waals surface area contributed by atoms with Gasteiger partial charge in [-0.1, -0.05) is 29.3 Å². The number of rotatable bonds is 4. The molecule has 0 spiro atoms. The molecule has 4 aromatic heterocycles. The highest BCUT2D eigenvalue weighted by atomic mass is 35.5. The first kappa shape index (κ1) is 21.4. The number of nitrogen functional groups attached to an aromatic ring is 1. The minimum absolute atomic E-state index is 0.00785. The number of nitrogens with two attached hydrogens (primary N) is 1. The smallest absolute Gasteiger partial charge is 0.349 e. The summed E-state index contributed by atoms with van der Waals surface area (Å²) in [5.74, 6) is -0.383. The van der Waals surface area contributed by atoms with Crippen molar-refractivity contribution in [3.8, 4) is 28.4 Å². The second kappa shape index (κ2) is 8.17. The molecule has 4 N–H and O–H groups in total. The summed E-state index contributed by atoms with van der Waals surface area (Å²) in [6, 6.07) is 9.52. The number of ether oxygens (including phenoxy) is 1. The van der Waals surface area contributed by atoms with Crippen molar-refractivity contribution in [3.63, 3.8) is 0 Å². The van der Waals surface area contributed by atoms with Gasteiger partial charge in [0.2, 0.25) is 11.7 Å². The lowest BCUT2D eigenvalue weighted by Gasteiger charge is -2.12. The lowest BCUT2D eigenvalue weighted by molar-refractivity contribution is 0.455. The molecule has 34 heavy (non-hydrogen) atoms. The van der Waals surface area contributed by atoms with Crippen LogP contribution in [0.25, 0.3) is 22.3 Å². The predicted octanol–water partition coefficient (Wildman–Crippen LogP) is 2.00. The zero-order valence-electron chi connectivity index (χ0n) is 16.8. The van der Waals surface area contributed by atoms with E-state index in [0.29, 0.717) is 5.56 Å². The molecule has 0 radical (unpaired) electrons. The molecule has 0 saturated heterocycles. The molecule has 14 heteroatoms. The summed E-state index contributed by atoms with van der Waals surface area (Å²) in [6.45, 7) is 0. The van der Waals surface area contributed by atoms with Crippen molar-refractivity contribution in [3.05, 3.63) is 90.0 Å². The molecule has 0 aliphatic carbocycles. The summed E-state index contributed by atoms with van der Waals surface area (Å²) < 4.78 is 8.20. The topological polar surface area (TPSA) is 166 Å². The van der Waals surface area contributed by atoms with Gasteiger partial charge in [0.25, 0.3) is 11.1 Å². The van der Waals surface area contributed by atoms with Gasteiger partial charge < -0.3 is 10.5 Å². The van der Waals surface area contributed by atoms with E-state index < -0.39 is 22.6 Å². The molecule has 12 nitrogen and oxygen atoms in total. The van der Waals surface area contributed by atoms with Gasteiger partial charge in [0.1, 0.15) is 0 Å². The third kappa shape index (κ3) is 3.80. The first-order valence-corrected chi connectivity index (χ1v) is 10.3. The van der Waals surface area contributed by atoms with Gasteiger partial charge in [-0.2, -0.15) is 9.78 Å². The van der Waals surface area contributed by atoms with E-state index in [-0.39, 0.29) is 32.9 Å². The molecule has 4 heterocycles. The van der Waals surface area contributed by atoms with Crippen LogP contribution in [0.5, 0.6) is 11.6 Å². The first-order valence-electron chi connectivity index (χ1n) is 9.50. The van der Waals surface area contributed by atoms with E-state index in [2.05, 4.69) is 20.4 Å². The Hall–Kier alpha value is -4.42. The second-order valence-corrected chi connectivity index (χ2v) is 7.78. The molecule has 5 aromatic rings. The number of benzene rings is 1. The molecule has 0 saturated carbocycles. The normalized spacial score (nSPS) is 11.1. The van der Waals surface area contributed by atoms with Crippen LogP contribution >= 0.6 is 23.2 Å². The van der Waals surface area contributed by atoms with Crippen LogP contribution in [-0.2, 0) is 0 Å². The monoisotopic (exact) mass is 498 g/mol. The molecule has 0 amide bonds. The van der Waals surface area contributed by atoms with Crippen LogP contribution < -0.4 is 27.3 Å². The number of fused-ring (bicyclic) bond motifs is 1. The molecule has 0 unspecified atom stereocenters. The van der Waals surface area contributed by atoms with Gasteiger partial charge in [-0.3, -0.25) is 14.6 Å². The van der Waals surface area contributed by atoms with Crippen LogP contribution in [0.1, 0.15) is 0 Å². The van der Waals surface area contributed by atoms with E-state index >= 15 is 0 Å². The molecule has 0 bridgehead atoms. The standard InChI is InChI=1S/C20H12Cl2N8O4/c21-13-5-11(30-20(33)25-19(32)17(23)28-30)6-14(22)16(13)34-15-7-12(18(31)27-26-15)9-1-2-10-3-4-24-29(10)8-9/h1-8H,(H2,23,28)(H,27,31)(H,25,32,33). The van der Waals surface area contributed by atoms with E-state index in [4.69, 9.17) is 33.7 Å². The maximum absolute atomic E-state index is 12.4. The van der Waals surface area contributed by atoms with Crippen molar-refractivity contribution in [2.24, 2.45) is 0 Å². The molecule has 0 atom stereocenters. The van der Waals surface area contributed by atoms with Crippen LogP contribution in [0.2, 0.25) is 10.0 Å². The fraction of sp³-hybridized carbons (Fsp3) is 0. The van der Waals surface area contributed by atoms with Crippen molar-refractivity contribution in [1.82, 2.24) is 34.6 Å².